The average Bonchev–Trinajstić information content (AvgIpc) is 3.40. The molecule has 0 bridgehead atoms. The number of hydrogen-bond donors (Lipinski definition) is 3. The number of anilines is 3. The van der Waals surface area contributed by atoms with Crippen LogP contribution in [-0.2, 0) is 11.3 Å². The maximum Gasteiger partial charge on any atom is 0.412 e. The number of nitrogens with one attached hydrogen (secondary N) is 3. The van der Waals surface area contributed by atoms with Gasteiger partial charge in [0.15, 0.2) is 5.13 Å². The first kappa shape index (κ1) is 31.2. The van der Waals surface area contributed by atoms with E-state index in [1.165, 1.54) is 0 Å². The van der Waals surface area contributed by atoms with Gasteiger partial charge < -0.3 is 25.0 Å². The van der Waals surface area contributed by atoms with Gasteiger partial charge in [-0.25, -0.2) is 9.78 Å². The fourth-order valence-electron chi connectivity index (χ4n) is 4.70. The quantitative estimate of drug-likeness (QED) is 0.195. The van der Waals surface area contributed by atoms with E-state index in [2.05, 4.69) is 38.9 Å². The minimum Gasteiger partial charge on any atom is -0.492 e. The Labute approximate surface area is 262 Å². The number of amides is 2. The zero-order valence-corrected chi connectivity index (χ0v) is 26.5. The van der Waals surface area contributed by atoms with Crippen LogP contribution in [0.1, 0.15) is 36.7 Å². The molecule has 44 heavy (non-hydrogen) atoms. The number of piperazine rings is 1. The summed E-state index contributed by atoms with van der Waals surface area (Å²) in [7, 11) is 2.16. The molecule has 0 atom stereocenters. The van der Waals surface area contributed by atoms with Crippen LogP contribution in [0, 0.1) is 0 Å². The van der Waals surface area contributed by atoms with Crippen LogP contribution in [0.15, 0.2) is 66.7 Å². The Morgan fingerprint density at radius 3 is 2.34 bits per heavy atom. The third-order valence-corrected chi connectivity index (χ3v) is 8.08. The molecule has 1 aliphatic rings. The van der Waals surface area contributed by atoms with Crippen molar-refractivity contribution in [2.24, 2.45) is 0 Å². The molecule has 1 fully saturated rings. The molecule has 0 unspecified atom stereocenters. The SMILES string of the molecule is CN1CCN(CCOc2ccc3nc(NCc4ccc(C(=O)Nc5ccccc5NC(=O)OC(C)(C)C)cc4)sc3c2)CC1. The summed E-state index contributed by atoms with van der Waals surface area (Å²) in [6.07, 6.45) is -0.588. The largest absolute Gasteiger partial charge is 0.492 e. The zero-order valence-electron chi connectivity index (χ0n) is 25.7. The van der Waals surface area contributed by atoms with E-state index in [0.29, 0.717) is 30.1 Å². The smallest absolute Gasteiger partial charge is 0.412 e. The molecular formula is C33H40N6O4S. The van der Waals surface area contributed by atoms with Gasteiger partial charge in [-0.1, -0.05) is 35.6 Å². The highest BCUT2D eigenvalue weighted by atomic mass is 32.1. The monoisotopic (exact) mass is 616 g/mol. The van der Waals surface area contributed by atoms with Gasteiger partial charge in [0.2, 0.25) is 0 Å². The molecule has 232 valence electrons. The Bertz CT molecular complexity index is 1580. The number of rotatable bonds is 10. The van der Waals surface area contributed by atoms with Crippen molar-refractivity contribution in [3.05, 3.63) is 77.9 Å². The molecule has 2 heterocycles. The summed E-state index contributed by atoms with van der Waals surface area (Å²) in [6.45, 7) is 11.9. The van der Waals surface area contributed by atoms with E-state index in [-0.39, 0.29) is 5.91 Å². The van der Waals surface area contributed by atoms with Crippen LogP contribution < -0.4 is 20.7 Å². The van der Waals surface area contributed by atoms with Crippen molar-refractivity contribution < 1.29 is 19.1 Å². The first-order chi connectivity index (χ1) is 21.1. The highest BCUT2D eigenvalue weighted by Gasteiger charge is 2.18. The molecule has 3 aromatic carbocycles. The summed E-state index contributed by atoms with van der Waals surface area (Å²) in [5, 5.41) is 9.79. The summed E-state index contributed by atoms with van der Waals surface area (Å²) >= 11 is 1.59. The predicted octanol–water partition coefficient (Wildman–Crippen LogP) is 6.13. The molecule has 0 aliphatic carbocycles. The minimum absolute atomic E-state index is 0.282. The van der Waals surface area contributed by atoms with Crippen molar-refractivity contribution in [3.8, 4) is 5.75 Å². The molecule has 0 radical (unpaired) electrons. The lowest BCUT2D eigenvalue weighted by Gasteiger charge is -2.32. The molecule has 11 heteroatoms. The van der Waals surface area contributed by atoms with E-state index in [9.17, 15) is 9.59 Å². The first-order valence-electron chi connectivity index (χ1n) is 14.8. The van der Waals surface area contributed by atoms with Gasteiger partial charge in [-0.15, -0.1) is 0 Å². The van der Waals surface area contributed by atoms with Crippen LogP contribution in [0.25, 0.3) is 10.2 Å². The summed E-state index contributed by atoms with van der Waals surface area (Å²) in [4.78, 5) is 34.7. The number of benzene rings is 3. The summed E-state index contributed by atoms with van der Waals surface area (Å²) in [5.41, 5.74) is 2.75. The van der Waals surface area contributed by atoms with Gasteiger partial charge in [0.25, 0.3) is 5.91 Å². The lowest BCUT2D eigenvalue weighted by molar-refractivity contribution is 0.0635. The van der Waals surface area contributed by atoms with Gasteiger partial charge in [-0.2, -0.15) is 0 Å². The van der Waals surface area contributed by atoms with Gasteiger partial charge in [0, 0.05) is 44.8 Å². The number of fused-ring (bicyclic) bond motifs is 1. The van der Waals surface area contributed by atoms with E-state index in [4.69, 9.17) is 14.5 Å². The molecule has 5 rings (SSSR count). The molecule has 3 N–H and O–H groups in total. The van der Waals surface area contributed by atoms with E-state index in [1.54, 1.807) is 68.5 Å². The fraction of sp³-hybridized carbons (Fsp3) is 0.364. The Morgan fingerprint density at radius 2 is 1.64 bits per heavy atom. The van der Waals surface area contributed by atoms with Crippen molar-refractivity contribution in [2.75, 3.05) is 62.3 Å². The van der Waals surface area contributed by atoms with Crippen molar-refractivity contribution in [3.63, 3.8) is 0 Å². The van der Waals surface area contributed by atoms with Crippen LogP contribution in [0.4, 0.5) is 21.3 Å². The molecule has 10 nitrogen and oxygen atoms in total. The zero-order chi connectivity index (χ0) is 31.1. The topological polar surface area (TPSA) is 108 Å². The molecule has 0 saturated carbocycles. The maximum atomic E-state index is 13.0. The lowest BCUT2D eigenvalue weighted by Crippen LogP contribution is -2.45. The molecule has 1 saturated heterocycles. The standard InChI is InChI=1S/C33H40N6O4S/c1-33(2,3)43-32(41)37-27-8-6-5-7-26(27)35-30(40)24-11-9-23(10-12-24)22-34-31-36-28-14-13-25(21-29(28)44-31)42-20-19-39-17-15-38(4)16-18-39/h5-14,21H,15-20,22H2,1-4H3,(H,34,36)(H,35,40)(H,37,41). The van der Waals surface area contributed by atoms with E-state index in [0.717, 1.165) is 59.4 Å². The van der Waals surface area contributed by atoms with E-state index in [1.807, 2.05) is 24.3 Å². The Balaban J connectivity index is 1.11. The van der Waals surface area contributed by atoms with Crippen LogP contribution in [0.3, 0.4) is 0 Å². The number of likely N-dealkylation sites (N-methyl/N-ethyl adjacent to an activating group) is 1. The van der Waals surface area contributed by atoms with Crippen LogP contribution in [0.2, 0.25) is 0 Å². The molecule has 0 spiro atoms. The fourth-order valence-corrected chi connectivity index (χ4v) is 5.59. The van der Waals surface area contributed by atoms with Gasteiger partial charge in [0.1, 0.15) is 18.0 Å². The first-order valence-corrected chi connectivity index (χ1v) is 15.6. The number of para-hydroxylation sites is 2. The van der Waals surface area contributed by atoms with Crippen molar-refractivity contribution in [1.29, 1.82) is 0 Å². The highest BCUT2D eigenvalue weighted by Crippen LogP contribution is 2.30. The van der Waals surface area contributed by atoms with Crippen molar-refractivity contribution >= 4 is 50.1 Å². The molecule has 1 aromatic heterocycles. The summed E-state index contributed by atoms with van der Waals surface area (Å²) in [6, 6.07) is 20.4. The van der Waals surface area contributed by atoms with Crippen LogP contribution >= 0.6 is 11.3 Å². The number of ether oxygens (including phenoxy) is 2. The van der Waals surface area contributed by atoms with Gasteiger partial charge >= 0.3 is 6.09 Å². The number of hydrogen-bond acceptors (Lipinski definition) is 9. The Hall–Kier alpha value is -4.19. The highest BCUT2D eigenvalue weighted by molar-refractivity contribution is 7.22. The van der Waals surface area contributed by atoms with Crippen molar-refractivity contribution in [1.82, 2.24) is 14.8 Å². The second kappa shape index (κ2) is 14.1. The normalized spacial score (nSPS) is 14.3. The van der Waals surface area contributed by atoms with Crippen LogP contribution in [0.5, 0.6) is 5.75 Å². The molecule has 2 amide bonds. The second-order valence-corrected chi connectivity index (χ2v) is 12.8. The minimum atomic E-state index is -0.630. The average molecular weight is 617 g/mol. The predicted molar refractivity (Wildman–Crippen MR) is 177 cm³/mol. The number of carbonyl (C=O) groups is 2. The van der Waals surface area contributed by atoms with Crippen LogP contribution in [-0.4, -0.2) is 78.8 Å². The number of nitrogens with zero attached hydrogens (tertiary/aromatic N) is 3. The summed E-state index contributed by atoms with van der Waals surface area (Å²) < 4.78 is 12.4. The third-order valence-electron chi connectivity index (χ3n) is 7.10. The van der Waals surface area contributed by atoms with Crippen molar-refractivity contribution in [2.45, 2.75) is 32.9 Å². The number of aromatic nitrogens is 1. The van der Waals surface area contributed by atoms with Gasteiger partial charge in [-0.3, -0.25) is 15.0 Å². The molecular weight excluding hydrogens is 576 g/mol. The second-order valence-electron chi connectivity index (χ2n) is 11.8. The Morgan fingerprint density at radius 1 is 0.932 bits per heavy atom. The van der Waals surface area contributed by atoms with Gasteiger partial charge in [0.05, 0.1) is 21.6 Å². The number of thiazole rings is 1. The number of carbonyl (C=O) groups excluding carboxylic acids is 2. The van der Waals surface area contributed by atoms with Gasteiger partial charge in [-0.05, 0) is 75.8 Å². The summed E-state index contributed by atoms with van der Waals surface area (Å²) in [5.74, 6) is 0.578. The maximum absolute atomic E-state index is 13.0. The molecule has 1 aliphatic heterocycles. The Kier molecular flexibility index (Phi) is 9.99. The third kappa shape index (κ3) is 8.91. The van der Waals surface area contributed by atoms with E-state index >= 15 is 0 Å². The molecule has 4 aromatic rings. The van der Waals surface area contributed by atoms with E-state index < -0.39 is 11.7 Å². The lowest BCUT2D eigenvalue weighted by atomic mass is 10.1.